The summed E-state index contributed by atoms with van der Waals surface area (Å²) in [6.45, 7) is 1.15. The molecule has 1 aromatic heterocycles. The zero-order valence-corrected chi connectivity index (χ0v) is 14.9. The number of primary amides is 1. The van der Waals surface area contributed by atoms with E-state index in [1.807, 2.05) is 0 Å². The van der Waals surface area contributed by atoms with Crippen molar-refractivity contribution in [2.45, 2.75) is 19.0 Å². The Kier molecular flexibility index (Phi) is 5.63. The number of nitrogens with one attached hydrogen (secondary N) is 2. The van der Waals surface area contributed by atoms with Gasteiger partial charge in [-0.05, 0) is 31.0 Å². The Labute approximate surface area is 158 Å². The van der Waals surface area contributed by atoms with Gasteiger partial charge in [-0.15, -0.1) is 0 Å². The first-order chi connectivity index (χ1) is 13.2. The highest BCUT2D eigenvalue weighted by atomic mass is 19.4. The van der Waals surface area contributed by atoms with Crippen molar-refractivity contribution >= 4 is 17.5 Å². The van der Waals surface area contributed by atoms with Crippen LogP contribution in [0.4, 0.5) is 18.9 Å². The molecule has 3 rings (SSSR count). The van der Waals surface area contributed by atoms with Crippen molar-refractivity contribution in [1.29, 1.82) is 0 Å². The van der Waals surface area contributed by atoms with Gasteiger partial charge in [0.15, 0.2) is 6.54 Å². The SMILES string of the molecule is NC(=O)[C@@H]1CCC[NH+](CC(=O)Nc2cc(C(F)(F)F)ccc2-n2cncn2)C1. The van der Waals surface area contributed by atoms with Crippen LogP contribution in [0.1, 0.15) is 18.4 Å². The van der Waals surface area contributed by atoms with Gasteiger partial charge in [0, 0.05) is 0 Å². The third-order valence-corrected chi connectivity index (χ3v) is 4.69. The predicted octanol–water partition coefficient (Wildman–Crippen LogP) is 0.00480. The fourth-order valence-electron chi connectivity index (χ4n) is 3.32. The monoisotopic (exact) mass is 397 g/mol. The number of piperidine rings is 1. The molecular formula is C17H20F3N6O2+. The number of nitrogens with zero attached hydrogens (tertiary/aromatic N) is 3. The summed E-state index contributed by atoms with van der Waals surface area (Å²) < 4.78 is 40.5. The molecule has 28 heavy (non-hydrogen) atoms. The molecule has 0 saturated carbocycles. The average Bonchev–Trinajstić information content (AvgIpc) is 3.15. The van der Waals surface area contributed by atoms with E-state index in [-0.39, 0.29) is 23.8 Å². The summed E-state index contributed by atoms with van der Waals surface area (Å²) >= 11 is 0. The van der Waals surface area contributed by atoms with Crippen molar-refractivity contribution in [3.05, 3.63) is 36.4 Å². The van der Waals surface area contributed by atoms with Gasteiger partial charge in [0.25, 0.3) is 5.91 Å². The summed E-state index contributed by atoms with van der Waals surface area (Å²) in [5, 5.41) is 6.45. The minimum absolute atomic E-state index is 0.0202. The summed E-state index contributed by atoms with van der Waals surface area (Å²) in [4.78, 5) is 28.5. The largest absolute Gasteiger partial charge is 0.416 e. The first-order valence-electron chi connectivity index (χ1n) is 8.73. The highest BCUT2D eigenvalue weighted by Gasteiger charge is 2.32. The second-order valence-electron chi connectivity index (χ2n) is 6.74. The van der Waals surface area contributed by atoms with Crippen molar-refractivity contribution < 1.29 is 27.7 Å². The number of hydrogen-bond acceptors (Lipinski definition) is 4. The molecule has 1 aliphatic rings. The van der Waals surface area contributed by atoms with Crippen LogP contribution in [0.5, 0.6) is 0 Å². The lowest BCUT2D eigenvalue weighted by molar-refractivity contribution is -0.899. The maximum Gasteiger partial charge on any atom is 0.416 e. The number of likely N-dealkylation sites (tertiary alicyclic amines) is 1. The first-order valence-corrected chi connectivity index (χ1v) is 8.73. The normalized spacial score (nSPS) is 20.0. The summed E-state index contributed by atoms with van der Waals surface area (Å²) in [5.74, 6) is -1.15. The van der Waals surface area contributed by atoms with Crippen LogP contribution in [0, 0.1) is 5.92 Å². The number of amides is 2. The molecule has 0 bridgehead atoms. The second kappa shape index (κ2) is 7.97. The molecule has 150 valence electrons. The number of anilines is 1. The standard InChI is InChI=1S/C17H19F3N6O2/c18-17(19,20)12-3-4-14(26-10-22-9-23-26)13(6-12)24-15(27)8-25-5-1-2-11(7-25)16(21)28/h3-4,6,9-11H,1-2,5,7-8H2,(H2,21,28)(H,24,27)/p+1/t11-/m1/s1. The van der Waals surface area contributed by atoms with Crippen LogP contribution in [0.2, 0.25) is 0 Å². The lowest BCUT2D eigenvalue weighted by Gasteiger charge is -2.27. The van der Waals surface area contributed by atoms with Crippen LogP contribution >= 0.6 is 0 Å². The zero-order valence-electron chi connectivity index (χ0n) is 14.9. The number of aromatic nitrogens is 3. The van der Waals surface area contributed by atoms with Crippen LogP contribution in [0.15, 0.2) is 30.9 Å². The van der Waals surface area contributed by atoms with Gasteiger partial charge >= 0.3 is 6.18 Å². The highest BCUT2D eigenvalue weighted by Crippen LogP contribution is 2.33. The molecule has 0 aliphatic carbocycles. The molecule has 4 N–H and O–H groups in total. The molecule has 1 unspecified atom stereocenters. The number of nitrogens with two attached hydrogens (primary N) is 1. The summed E-state index contributed by atoms with van der Waals surface area (Å²) in [6.07, 6.45) is -0.543. The van der Waals surface area contributed by atoms with E-state index in [1.54, 1.807) is 0 Å². The van der Waals surface area contributed by atoms with Gasteiger partial charge in [-0.25, -0.2) is 9.67 Å². The fraction of sp³-hybridized carbons (Fsp3) is 0.412. The number of carbonyl (C=O) groups excluding carboxylic acids is 2. The molecule has 0 radical (unpaired) electrons. The average molecular weight is 397 g/mol. The number of benzene rings is 1. The lowest BCUT2D eigenvalue weighted by Crippen LogP contribution is -3.14. The van der Waals surface area contributed by atoms with Gasteiger partial charge in [0.2, 0.25) is 5.91 Å². The van der Waals surface area contributed by atoms with Crippen LogP contribution in [-0.2, 0) is 15.8 Å². The van der Waals surface area contributed by atoms with E-state index < -0.39 is 23.6 Å². The molecule has 1 aromatic carbocycles. The van der Waals surface area contributed by atoms with E-state index >= 15 is 0 Å². The van der Waals surface area contributed by atoms with Crippen LogP contribution in [0.25, 0.3) is 5.69 Å². The number of alkyl halides is 3. The Morgan fingerprint density at radius 2 is 2.14 bits per heavy atom. The van der Waals surface area contributed by atoms with E-state index in [0.717, 1.165) is 23.5 Å². The second-order valence-corrected chi connectivity index (χ2v) is 6.74. The number of halogens is 3. The Morgan fingerprint density at radius 3 is 2.79 bits per heavy atom. The first kappa shape index (κ1) is 19.8. The highest BCUT2D eigenvalue weighted by molar-refractivity contribution is 5.93. The van der Waals surface area contributed by atoms with Gasteiger partial charge in [0.1, 0.15) is 12.7 Å². The lowest BCUT2D eigenvalue weighted by atomic mass is 9.97. The number of rotatable bonds is 5. The van der Waals surface area contributed by atoms with E-state index in [9.17, 15) is 22.8 Å². The van der Waals surface area contributed by atoms with Gasteiger partial charge in [-0.1, -0.05) is 0 Å². The topological polar surface area (TPSA) is 107 Å². The van der Waals surface area contributed by atoms with Crippen LogP contribution < -0.4 is 16.0 Å². The zero-order chi connectivity index (χ0) is 20.3. The van der Waals surface area contributed by atoms with E-state index in [1.165, 1.54) is 23.4 Å². The number of hydrogen-bond donors (Lipinski definition) is 3. The van der Waals surface area contributed by atoms with Crippen molar-refractivity contribution in [2.24, 2.45) is 11.7 Å². The smallest absolute Gasteiger partial charge is 0.369 e. The quantitative estimate of drug-likeness (QED) is 0.660. The molecule has 2 heterocycles. The molecule has 2 atom stereocenters. The van der Waals surface area contributed by atoms with Gasteiger partial charge in [-0.3, -0.25) is 9.59 Å². The van der Waals surface area contributed by atoms with E-state index in [4.69, 9.17) is 5.73 Å². The third kappa shape index (κ3) is 4.66. The molecule has 1 fully saturated rings. The molecule has 2 amide bonds. The third-order valence-electron chi connectivity index (χ3n) is 4.69. The molecular weight excluding hydrogens is 377 g/mol. The van der Waals surface area contributed by atoms with E-state index in [2.05, 4.69) is 15.4 Å². The molecule has 11 heteroatoms. The maximum absolute atomic E-state index is 13.1. The van der Waals surface area contributed by atoms with Crippen molar-refractivity contribution in [2.75, 3.05) is 25.0 Å². The van der Waals surface area contributed by atoms with Gasteiger partial charge in [0.05, 0.1) is 35.9 Å². The molecule has 0 spiro atoms. The van der Waals surface area contributed by atoms with E-state index in [0.29, 0.717) is 19.5 Å². The Morgan fingerprint density at radius 1 is 1.36 bits per heavy atom. The summed E-state index contributed by atoms with van der Waals surface area (Å²) in [6, 6.07) is 3.01. The van der Waals surface area contributed by atoms with Crippen molar-refractivity contribution in [3.8, 4) is 5.69 Å². The molecule has 1 saturated heterocycles. The Hall–Kier alpha value is -2.95. The van der Waals surface area contributed by atoms with Gasteiger partial charge < -0.3 is 16.0 Å². The number of carbonyl (C=O) groups is 2. The number of quaternary nitrogens is 1. The fourth-order valence-corrected chi connectivity index (χ4v) is 3.32. The minimum Gasteiger partial charge on any atom is -0.369 e. The van der Waals surface area contributed by atoms with Crippen molar-refractivity contribution in [3.63, 3.8) is 0 Å². The molecule has 1 aliphatic heterocycles. The Bertz CT molecular complexity index is 853. The molecule has 2 aromatic rings. The van der Waals surface area contributed by atoms with Gasteiger partial charge in [-0.2, -0.15) is 18.3 Å². The minimum atomic E-state index is -4.55. The summed E-state index contributed by atoms with van der Waals surface area (Å²) in [7, 11) is 0. The molecule has 8 nitrogen and oxygen atoms in total. The van der Waals surface area contributed by atoms with Crippen molar-refractivity contribution in [1.82, 2.24) is 14.8 Å². The van der Waals surface area contributed by atoms with Crippen LogP contribution in [-0.4, -0.2) is 46.2 Å². The predicted molar refractivity (Wildman–Crippen MR) is 92.5 cm³/mol. The Balaban J connectivity index is 1.78. The maximum atomic E-state index is 13.1. The summed E-state index contributed by atoms with van der Waals surface area (Å²) in [5.41, 5.74) is 4.70. The van der Waals surface area contributed by atoms with Crippen LogP contribution in [0.3, 0.4) is 0 Å².